The van der Waals surface area contributed by atoms with E-state index in [0.717, 1.165) is 24.2 Å². The van der Waals surface area contributed by atoms with Crippen molar-refractivity contribution in [3.8, 4) is 5.75 Å². The number of amides is 5. The highest BCUT2D eigenvalue weighted by Gasteiger charge is 2.44. The summed E-state index contributed by atoms with van der Waals surface area (Å²) in [6, 6.07) is 3.29. The van der Waals surface area contributed by atoms with Crippen molar-refractivity contribution in [2.45, 2.75) is 38.1 Å². The van der Waals surface area contributed by atoms with Crippen molar-refractivity contribution in [3.05, 3.63) is 29.3 Å². The van der Waals surface area contributed by atoms with Crippen molar-refractivity contribution >= 4 is 29.5 Å². The summed E-state index contributed by atoms with van der Waals surface area (Å²) in [6.07, 6.45) is 2.81. The number of nitrogens with two attached hydrogens (primary N) is 1. The van der Waals surface area contributed by atoms with Crippen LogP contribution in [-0.2, 0) is 14.4 Å². The SMILES string of the molecule is NCCCCCNC(=O)COc1ccc2c(c1)C(=O)N(C1CCC(=O)NC1=O)C2=O. The Morgan fingerprint density at radius 3 is 2.63 bits per heavy atom. The standard InChI is InChI=1S/C20H24N4O6/c21-8-2-1-3-9-22-17(26)11-30-12-4-5-13-14(10-12)20(29)24(19(13)28)15-6-7-16(25)23-18(15)27/h4-5,10,15H,1-3,6-9,11,21H2,(H,22,26)(H,23,25,27). The van der Waals surface area contributed by atoms with E-state index in [1.165, 1.54) is 18.2 Å². The fraction of sp³-hybridized carbons (Fsp3) is 0.450. The minimum atomic E-state index is -1.02. The molecule has 2 aliphatic rings. The third-order valence-corrected chi connectivity index (χ3v) is 4.98. The summed E-state index contributed by atoms with van der Waals surface area (Å²) in [7, 11) is 0. The van der Waals surface area contributed by atoms with Gasteiger partial charge in [0, 0.05) is 13.0 Å². The molecular weight excluding hydrogens is 392 g/mol. The van der Waals surface area contributed by atoms with Crippen LogP contribution in [0.4, 0.5) is 0 Å². The number of fused-ring (bicyclic) bond motifs is 1. The van der Waals surface area contributed by atoms with Gasteiger partial charge in [0.05, 0.1) is 11.1 Å². The lowest BCUT2D eigenvalue weighted by Gasteiger charge is -2.27. The summed E-state index contributed by atoms with van der Waals surface area (Å²) in [5.41, 5.74) is 5.67. The molecule has 160 valence electrons. The number of nitrogens with one attached hydrogen (secondary N) is 2. The molecule has 2 heterocycles. The van der Waals surface area contributed by atoms with Gasteiger partial charge in [-0.1, -0.05) is 6.42 Å². The summed E-state index contributed by atoms with van der Waals surface area (Å²) >= 11 is 0. The predicted molar refractivity (Wildman–Crippen MR) is 105 cm³/mol. The molecule has 1 unspecified atom stereocenters. The second-order valence-corrected chi connectivity index (χ2v) is 7.14. The minimum absolute atomic E-state index is 0.0551. The van der Waals surface area contributed by atoms with Crippen LogP contribution in [0.2, 0.25) is 0 Å². The fourth-order valence-corrected chi connectivity index (χ4v) is 3.41. The average molecular weight is 416 g/mol. The van der Waals surface area contributed by atoms with Crippen molar-refractivity contribution in [3.63, 3.8) is 0 Å². The van der Waals surface area contributed by atoms with E-state index in [-0.39, 0.29) is 42.2 Å². The number of imide groups is 2. The van der Waals surface area contributed by atoms with E-state index >= 15 is 0 Å². The molecule has 30 heavy (non-hydrogen) atoms. The monoisotopic (exact) mass is 416 g/mol. The van der Waals surface area contributed by atoms with Crippen LogP contribution in [0.15, 0.2) is 18.2 Å². The van der Waals surface area contributed by atoms with Gasteiger partial charge in [-0.05, 0) is 44.0 Å². The van der Waals surface area contributed by atoms with Gasteiger partial charge in [0.1, 0.15) is 11.8 Å². The van der Waals surface area contributed by atoms with E-state index in [9.17, 15) is 24.0 Å². The van der Waals surface area contributed by atoms with E-state index in [1.807, 2.05) is 0 Å². The Bertz CT molecular complexity index is 884. The number of nitrogens with zero attached hydrogens (tertiary/aromatic N) is 1. The second kappa shape index (κ2) is 9.49. The largest absolute Gasteiger partial charge is 0.484 e. The van der Waals surface area contributed by atoms with Crippen LogP contribution < -0.4 is 21.1 Å². The smallest absolute Gasteiger partial charge is 0.262 e. The Kier molecular flexibility index (Phi) is 6.78. The molecule has 4 N–H and O–H groups in total. The van der Waals surface area contributed by atoms with E-state index in [1.54, 1.807) is 0 Å². The van der Waals surface area contributed by atoms with Crippen molar-refractivity contribution < 1.29 is 28.7 Å². The molecule has 1 aromatic carbocycles. The third-order valence-electron chi connectivity index (χ3n) is 4.98. The third kappa shape index (κ3) is 4.65. The minimum Gasteiger partial charge on any atom is -0.484 e. The van der Waals surface area contributed by atoms with Gasteiger partial charge < -0.3 is 15.8 Å². The zero-order chi connectivity index (χ0) is 21.7. The molecule has 0 radical (unpaired) electrons. The maximum absolute atomic E-state index is 12.7. The van der Waals surface area contributed by atoms with Crippen LogP contribution in [-0.4, -0.2) is 60.2 Å². The van der Waals surface area contributed by atoms with Crippen molar-refractivity contribution in [1.82, 2.24) is 15.5 Å². The summed E-state index contributed by atoms with van der Waals surface area (Å²) in [6.45, 7) is 0.923. The highest BCUT2D eigenvalue weighted by atomic mass is 16.5. The highest BCUT2D eigenvalue weighted by molar-refractivity contribution is 6.23. The van der Waals surface area contributed by atoms with Gasteiger partial charge >= 0.3 is 0 Å². The van der Waals surface area contributed by atoms with Crippen LogP contribution in [0.3, 0.4) is 0 Å². The summed E-state index contributed by atoms with van der Waals surface area (Å²) in [5.74, 6) is -2.35. The van der Waals surface area contributed by atoms with Gasteiger partial charge in [-0.25, -0.2) is 0 Å². The van der Waals surface area contributed by atoms with Gasteiger partial charge in [-0.3, -0.25) is 34.2 Å². The number of benzene rings is 1. The van der Waals surface area contributed by atoms with Gasteiger partial charge in [0.25, 0.3) is 17.7 Å². The Labute approximate surface area is 173 Å². The van der Waals surface area contributed by atoms with Crippen molar-refractivity contribution in [2.24, 2.45) is 5.73 Å². The first-order valence-electron chi connectivity index (χ1n) is 9.87. The molecule has 0 aromatic heterocycles. The first-order chi connectivity index (χ1) is 14.4. The number of hydrogen-bond acceptors (Lipinski definition) is 7. The number of piperidine rings is 1. The molecule has 0 aliphatic carbocycles. The van der Waals surface area contributed by atoms with E-state index < -0.39 is 29.7 Å². The number of carbonyl (C=O) groups is 5. The zero-order valence-corrected chi connectivity index (χ0v) is 16.4. The first kappa shape index (κ1) is 21.4. The number of unbranched alkanes of at least 4 members (excludes halogenated alkanes) is 2. The second-order valence-electron chi connectivity index (χ2n) is 7.14. The number of carbonyl (C=O) groups excluding carboxylic acids is 5. The summed E-state index contributed by atoms with van der Waals surface area (Å²) in [4.78, 5) is 61.5. The van der Waals surface area contributed by atoms with Crippen LogP contribution >= 0.6 is 0 Å². The van der Waals surface area contributed by atoms with E-state index in [0.29, 0.717) is 13.1 Å². The van der Waals surface area contributed by atoms with E-state index in [2.05, 4.69) is 10.6 Å². The molecule has 0 spiro atoms. The Morgan fingerprint density at radius 1 is 1.13 bits per heavy atom. The number of rotatable bonds is 9. The maximum atomic E-state index is 12.7. The molecule has 5 amide bonds. The molecule has 10 nitrogen and oxygen atoms in total. The van der Waals surface area contributed by atoms with Crippen LogP contribution in [0.5, 0.6) is 5.75 Å². The molecule has 1 aromatic rings. The normalized spacial score (nSPS) is 18.3. The first-order valence-corrected chi connectivity index (χ1v) is 9.87. The maximum Gasteiger partial charge on any atom is 0.262 e. The average Bonchev–Trinajstić information content (AvgIpc) is 2.96. The Balaban J connectivity index is 1.59. The fourth-order valence-electron chi connectivity index (χ4n) is 3.41. The van der Waals surface area contributed by atoms with Crippen LogP contribution in [0, 0.1) is 0 Å². The topological polar surface area (TPSA) is 148 Å². The summed E-state index contributed by atoms with van der Waals surface area (Å²) in [5, 5.41) is 4.88. The molecular formula is C20H24N4O6. The zero-order valence-electron chi connectivity index (χ0n) is 16.4. The Morgan fingerprint density at radius 2 is 1.90 bits per heavy atom. The van der Waals surface area contributed by atoms with Gasteiger partial charge in [0.15, 0.2) is 6.61 Å². The lowest BCUT2D eigenvalue weighted by molar-refractivity contribution is -0.136. The number of hydrogen-bond donors (Lipinski definition) is 3. The Hall–Kier alpha value is -3.27. The lowest BCUT2D eigenvalue weighted by Crippen LogP contribution is -2.54. The molecule has 1 saturated heterocycles. The van der Waals surface area contributed by atoms with Crippen molar-refractivity contribution in [1.29, 1.82) is 0 Å². The van der Waals surface area contributed by atoms with Crippen LogP contribution in [0.1, 0.15) is 52.8 Å². The van der Waals surface area contributed by atoms with Gasteiger partial charge in [-0.2, -0.15) is 0 Å². The quantitative estimate of drug-likeness (QED) is 0.370. The predicted octanol–water partition coefficient (Wildman–Crippen LogP) is -0.288. The molecule has 0 saturated carbocycles. The highest BCUT2D eigenvalue weighted by Crippen LogP contribution is 2.30. The van der Waals surface area contributed by atoms with E-state index in [4.69, 9.17) is 10.5 Å². The summed E-state index contributed by atoms with van der Waals surface area (Å²) < 4.78 is 5.43. The van der Waals surface area contributed by atoms with Crippen LogP contribution in [0.25, 0.3) is 0 Å². The molecule has 0 bridgehead atoms. The molecule has 2 aliphatic heterocycles. The lowest BCUT2D eigenvalue weighted by atomic mass is 10.0. The van der Waals surface area contributed by atoms with Crippen molar-refractivity contribution in [2.75, 3.05) is 19.7 Å². The molecule has 1 fully saturated rings. The van der Waals surface area contributed by atoms with Gasteiger partial charge in [-0.15, -0.1) is 0 Å². The molecule has 1 atom stereocenters. The van der Waals surface area contributed by atoms with Gasteiger partial charge in [0.2, 0.25) is 11.8 Å². The number of ether oxygens (including phenoxy) is 1. The molecule has 3 rings (SSSR count). The molecule has 10 heteroatoms.